The highest BCUT2D eigenvalue weighted by Crippen LogP contribution is 2.25. The van der Waals surface area contributed by atoms with Gasteiger partial charge in [-0.25, -0.2) is 0 Å². The van der Waals surface area contributed by atoms with Crippen molar-refractivity contribution in [3.63, 3.8) is 0 Å². The van der Waals surface area contributed by atoms with Crippen LogP contribution in [0.5, 0.6) is 5.75 Å². The molecule has 0 spiro atoms. The van der Waals surface area contributed by atoms with Crippen molar-refractivity contribution in [2.24, 2.45) is 0 Å². The predicted octanol–water partition coefficient (Wildman–Crippen LogP) is 1.87. The Labute approximate surface area is 104 Å². The molecule has 2 rings (SSSR count). The number of hydrogen-bond donors (Lipinski definition) is 1. The smallest absolute Gasteiger partial charge is 0.235 e. The molecular formula is C12H12N4O2. The topological polar surface area (TPSA) is 84.0 Å². The molecule has 18 heavy (non-hydrogen) atoms. The average molecular weight is 244 g/mol. The fraction of sp³-hybridized carbons (Fsp3) is 0.250. The van der Waals surface area contributed by atoms with Gasteiger partial charge in [0.15, 0.2) is 0 Å². The number of aryl methyl sites for hydroxylation is 1. The van der Waals surface area contributed by atoms with Gasteiger partial charge < -0.3 is 14.5 Å². The summed E-state index contributed by atoms with van der Waals surface area (Å²) in [6, 6.07) is 7.22. The molecule has 0 amide bonds. The van der Waals surface area contributed by atoms with Crippen molar-refractivity contribution in [2.45, 2.75) is 13.5 Å². The van der Waals surface area contributed by atoms with Crippen molar-refractivity contribution >= 4 is 5.69 Å². The maximum Gasteiger partial charge on any atom is 0.235 e. The Hall–Kier alpha value is -2.55. The van der Waals surface area contributed by atoms with E-state index in [1.807, 2.05) is 0 Å². The van der Waals surface area contributed by atoms with Crippen LogP contribution >= 0.6 is 0 Å². The fourth-order valence-corrected chi connectivity index (χ4v) is 1.49. The Kier molecular flexibility index (Phi) is 3.44. The highest BCUT2D eigenvalue weighted by Gasteiger charge is 2.06. The second kappa shape index (κ2) is 5.19. The van der Waals surface area contributed by atoms with Crippen LogP contribution < -0.4 is 10.1 Å². The van der Waals surface area contributed by atoms with Crippen molar-refractivity contribution in [1.29, 1.82) is 5.26 Å². The lowest BCUT2D eigenvalue weighted by Gasteiger charge is -2.09. The van der Waals surface area contributed by atoms with Gasteiger partial charge in [0.2, 0.25) is 11.8 Å². The minimum absolute atomic E-state index is 0.406. The summed E-state index contributed by atoms with van der Waals surface area (Å²) in [5, 5.41) is 19.5. The van der Waals surface area contributed by atoms with Crippen LogP contribution in [0.1, 0.15) is 17.3 Å². The lowest BCUT2D eigenvalue weighted by Crippen LogP contribution is -2.02. The molecule has 0 aliphatic rings. The molecule has 0 unspecified atom stereocenters. The van der Waals surface area contributed by atoms with Crippen LogP contribution in [0, 0.1) is 18.3 Å². The zero-order valence-corrected chi connectivity index (χ0v) is 10.1. The van der Waals surface area contributed by atoms with Crippen LogP contribution in [0.2, 0.25) is 0 Å². The SMILES string of the molecule is COc1cc(C#N)ccc1NCc1nnc(C)o1. The van der Waals surface area contributed by atoms with Gasteiger partial charge in [0.1, 0.15) is 5.75 Å². The van der Waals surface area contributed by atoms with Gasteiger partial charge in [-0.3, -0.25) is 0 Å². The number of benzene rings is 1. The standard InChI is InChI=1S/C12H12N4O2/c1-8-15-16-12(18-8)7-14-10-4-3-9(6-13)5-11(10)17-2/h3-5,14H,7H2,1-2H3. The van der Waals surface area contributed by atoms with E-state index < -0.39 is 0 Å². The quantitative estimate of drug-likeness (QED) is 0.883. The summed E-state index contributed by atoms with van der Waals surface area (Å²) in [6.07, 6.45) is 0. The van der Waals surface area contributed by atoms with Gasteiger partial charge in [-0.15, -0.1) is 10.2 Å². The van der Waals surface area contributed by atoms with Gasteiger partial charge in [-0.1, -0.05) is 0 Å². The van der Waals surface area contributed by atoms with E-state index in [-0.39, 0.29) is 0 Å². The maximum atomic E-state index is 8.80. The van der Waals surface area contributed by atoms with Crippen LogP contribution in [0.4, 0.5) is 5.69 Å². The summed E-state index contributed by atoms with van der Waals surface area (Å²) < 4.78 is 10.4. The van der Waals surface area contributed by atoms with Gasteiger partial charge in [-0.05, 0) is 12.1 Å². The highest BCUT2D eigenvalue weighted by atomic mass is 16.5. The first-order valence-corrected chi connectivity index (χ1v) is 5.34. The molecule has 0 saturated heterocycles. The molecule has 6 heteroatoms. The number of methoxy groups -OCH3 is 1. The molecule has 92 valence electrons. The van der Waals surface area contributed by atoms with E-state index >= 15 is 0 Å². The molecule has 1 heterocycles. The summed E-state index contributed by atoms with van der Waals surface area (Å²) >= 11 is 0. The molecule has 0 saturated carbocycles. The van der Waals surface area contributed by atoms with E-state index in [0.29, 0.717) is 29.6 Å². The number of nitrogens with one attached hydrogen (secondary N) is 1. The van der Waals surface area contributed by atoms with Crippen LogP contribution in [0.25, 0.3) is 0 Å². The summed E-state index contributed by atoms with van der Waals surface area (Å²) in [6.45, 7) is 2.14. The van der Waals surface area contributed by atoms with E-state index in [0.717, 1.165) is 5.69 Å². The number of ether oxygens (including phenoxy) is 1. The molecule has 0 aliphatic heterocycles. The second-order valence-corrected chi connectivity index (χ2v) is 3.60. The molecule has 0 bridgehead atoms. The number of rotatable bonds is 4. The normalized spacial score (nSPS) is 9.83. The summed E-state index contributed by atoms with van der Waals surface area (Å²) in [7, 11) is 1.55. The first kappa shape index (κ1) is 11.9. The molecule has 6 nitrogen and oxygen atoms in total. The minimum atomic E-state index is 0.406. The third-order valence-electron chi connectivity index (χ3n) is 2.33. The second-order valence-electron chi connectivity index (χ2n) is 3.60. The molecular weight excluding hydrogens is 232 g/mol. The van der Waals surface area contributed by atoms with Crippen LogP contribution in [0.15, 0.2) is 22.6 Å². The number of hydrogen-bond acceptors (Lipinski definition) is 6. The lowest BCUT2D eigenvalue weighted by molar-refractivity contribution is 0.415. The summed E-state index contributed by atoms with van der Waals surface area (Å²) in [5.41, 5.74) is 1.32. The largest absolute Gasteiger partial charge is 0.495 e. The van der Waals surface area contributed by atoms with Gasteiger partial charge in [0.25, 0.3) is 0 Å². The van der Waals surface area contributed by atoms with Crippen molar-refractivity contribution < 1.29 is 9.15 Å². The fourth-order valence-electron chi connectivity index (χ4n) is 1.49. The highest BCUT2D eigenvalue weighted by molar-refractivity contribution is 5.59. The number of anilines is 1. The lowest BCUT2D eigenvalue weighted by atomic mass is 10.2. The molecule has 0 radical (unpaired) electrons. The Morgan fingerprint density at radius 2 is 2.28 bits per heavy atom. The van der Waals surface area contributed by atoms with Gasteiger partial charge in [-0.2, -0.15) is 5.26 Å². The van der Waals surface area contributed by atoms with Crippen molar-refractivity contribution in [1.82, 2.24) is 10.2 Å². The predicted molar refractivity (Wildman–Crippen MR) is 64.1 cm³/mol. The van der Waals surface area contributed by atoms with Crippen molar-refractivity contribution in [2.75, 3.05) is 12.4 Å². The Balaban J connectivity index is 2.12. The molecule has 1 aromatic carbocycles. The van der Waals surface area contributed by atoms with E-state index in [9.17, 15) is 0 Å². The van der Waals surface area contributed by atoms with Crippen molar-refractivity contribution in [3.8, 4) is 11.8 Å². The molecule has 2 aromatic rings. The van der Waals surface area contributed by atoms with E-state index in [1.54, 1.807) is 32.2 Å². The Bertz CT molecular complexity index is 586. The summed E-state index contributed by atoms with van der Waals surface area (Å²) in [5.74, 6) is 1.63. The van der Waals surface area contributed by atoms with Crippen LogP contribution in [0.3, 0.4) is 0 Å². The summed E-state index contributed by atoms with van der Waals surface area (Å²) in [4.78, 5) is 0. The number of nitriles is 1. The molecule has 0 fully saturated rings. The third-order valence-corrected chi connectivity index (χ3v) is 2.33. The zero-order valence-electron chi connectivity index (χ0n) is 10.1. The molecule has 0 atom stereocenters. The number of aromatic nitrogens is 2. The average Bonchev–Trinajstić information content (AvgIpc) is 2.82. The first-order chi connectivity index (χ1) is 8.72. The zero-order chi connectivity index (χ0) is 13.0. The Morgan fingerprint density at radius 1 is 1.44 bits per heavy atom. The minimum Gasteiger partial charge on any atom is -0.495 e. The first-order valence-electron chi connectivity index (χ1n) is 5.34. The Morgan fingerprint density at radius 3 is 2.89 bits per heavy atom. The van der Waals surface area contributed by atoms with Gasteiger partial charge >= 0.3 is 0 Å². The monoisotopic (exact) mass is 244 g/mol. The maximum absolute atomic E-state index is 8.80. The molecule has 1 aromatic heterocycles. The molecule has 0 aliphatic carbocycles. The van der Waals surface area contributed by atoms with E-state index in [2.05, 4.69) is 21.6 Å². The third kappa shape index (κ3) is 2.58. The van der Waals surface area contributed by atoms with Crippen molar-refractivity contribution in [3.05, 3.63) is 35.5 Å². The molecule has 1 N–H and O–H groups in total. The number of nitrogens with zero attached hydrogens (tertiary/aromatic N) is 3. The van der Waals surface area contributed by atoms with Gasteiger partial charge in [0, 0.05) is 13.0 Å². The van der Waals surface area contributed by atoms with E-state index in [4.69, 9.17) is 14.4 Å². The van der Waals surface area contributed by atoms with E-state index in [1.165, 1.54) is 0 Å². The van der Waals surface area contributed by atoms with Gasteiger partial charge in [0.05, 0.1) is 31.0 Å². The van der Waals surface area contributed by atoms with Crippen LogP contribution in [-0.4, -0.2) is 17.3 Å². The van der Waals surface area contributed by atoms with Crippen LogP contribution in [-0.2, 0) is 6.54 Å².